The Morgan fingerprint density at radius 1 is 1.19 bits per heavy atom. The van der Waals surface area contributed by atoms with Crippen molar-refractivity contribution in [1.82, 2.24) is 10.3 Å². The first-order valence-corrected chi connectivity index (χ1v) is 7.16. The van der Waals surface area contributed by atoms with Crippen LogP contribution in [0.3, 0.4) is 0 Å². The zero-order valence-corrected chi connectivity index (χ0v) is 12.5. The summed E-state index contributed by atoms with van der Waals surface area (Å²) in [7, 11) is 0. The summed E-state index contributed by atoms with van der Waals surface area (Å²) < 4.78 is 19.3. The second kappa shape index (κ2) is 7.74. The summed E-state index contributed by atoms with van der Waals surface area (Å²) in [5.74, 6) is 1.03. The zero-order chi connectivity index (χ0) is 15.1. The highest BCUT2D eigenvalue weighted by molar-refractivity contribution is 5.30. The first-order chi connectivity index (χ1) is 10.2. The molecule has 0 amide bonds. The number of aromatic nitrogens is 1. The van der Waals surface area contributed by atoms with Gasteiger partial charge in [-0.1, -0.05) is 32.0 Å². The molecule has 0 fully saturated rings. The molecule has 4 heteroatoms. The maximum absolute atomic E-state index is 13.6. The molecule has 1 aromatic heterocycles. The van der Waals surface area contributed by atoms with Crippen LogP contribution in [0.1, 0.15) is 25.0 Å². The minimum atomic E-state index is -0.249. The van der Waals surface area contributed by atoms with Gasteiger partial charge in [0.1, 0.15) is 18.2 Å². The molecule has 1 N–H and O–H groups in total. The van der Waals surface area contributed by atoms with E-state index in [9.17, 15) is 4.39 Å². The lowest BCUT2D eigenvalue weighted by Crippen LogP contribution is -2.19. The number of rotatable bonds is 7. The molecule has 0 atom stereocenters. The first-order valence-electron chi connectivity index (χ1n) is 7.16. The number of nitrogens with one attached hydrogen (secondary N) is 1. The third-order valence-corrected chi connectivity index (χ3v) is 3.08. The van der Waals surface area contributed by atoms with Crippen LogP contribution in [0.25, 0.3) is 0 Å². The lowest BCUT2D eigenvalue weighted by Gasteiger charge is -2.13. The fourth-order valence-corrected chi connectivity index (χ4v) is 1.95. The molecule has 0 unspecified atom stereocenters. The van der Waals surface area contributed by atoms with E-state index in [1.807, 2.05) is 6.07 Å². The molecule has 0 aliphatic heterocycles. The number of ether oxygens (including phenoxy) is 1. The molecular weight excluding hydrogens is 267 g/mol. The second-order valence-corrected chi connectivity index (χ2v) is 5.39. The molecule has 0 saturated heterocycles. The molecule has 0 bridgehead atoms. The highest BCUT2D eigenvalue weighted by Crippen LogP contribution is 2.18. The van der Waals surface area contributed by atoms with Crippen molar-refractivity contribution in [2.75, 3.05) is 6.54 Å². The summed E-state index contributed by atoms with van der Waals surface area (Å²) in [5, 5.41) is 3.37. The molecule has 112 valence electrons. The topological polar surface area (TPSA) is 34.2 Å². The highest BCUT2D eigenvalue weighted by Gasteiger charge is 2.06. The third-order valence-electron chi connectivity index (χ3n) is 3.08. The van der Waals surface area contributed by atoms with Gasteiger partial charge in [0, 0.05) is 23.9 Å². The van der Waals surface area contributed by atoms with Crippen molar-refractivity contribution in [1.29, 1.82) is 0 Å². The van der Waals surface area contributed by atoms with Gasteiger partial charge in [-0.3, -0.25) is 4.98 Å². The van der Waals surface area contributed by atoms with Crippen LogP contribution < -0.4 is 10.1 Å². The maximum Gasteiger partial charge on any atom is 0.142 e. The molecule has 0 spiro atoms. The molecule has 1 aromatic carbocycles. The summed E-state index contributed by atoms with van der Waals surface area (Å²) in [4.78, 5) is 4.08. The molecular formula is C17H21FN2O. The van der Waals surface area contributed by atoms with E-state index in [1.54, 1.807) is 30.6 Å². The number of nitrogens with zero attached hydrogens (tertiary/aromatic N) is 1. The van der Waals surface area contributed by atoms with Gasteiger partial charge in [0.05, 0.1) is 6.20 Å². The average Bonchev–Trinajstić information content (AvgIpc) is 2.47. The van der Waals surface area contributed by atoms with Gasteiger partial charge in [0.25, 0.3) is 0 Å². The van der Waals surface area contributed by atoms with Crippen molar-refractivity contribution >= 4 is 0 Å². The van der Waals surface area contributed by atoms with Gasteiger partial charge in [0.2, 0.25) is 0 Å². The fraction of sp³-hybridized carbons (Fsp3) is 0.353. The minimum Gasteiger partial charge on any atom is -0.487 e. The van der Waals surface area contributed by atoms with E-state index in [-0.39, 0.29) is 12.4 Å². The van der Waals surface area contributed by atoms with Crippen molar-refractivity contribution in [2.45, 2.75) is 27.0 Å². The molecule has 2 aromatic rings. The van der Waals surface area contributed by atoms with E-state index in [1.165, 1.54) is 6.07 Å². The van der Waals surface area contributed by atoms with Gasteiger partial charge in [-0.25, -0.2) is 4.39 Å². The molecule has 0 radical (unpaired) electrons. The lowest BCUT2D eigenvalue weighted by molar-refractivity contribution is 0.294. The minimum absolute atomic E-state index is 0.204. The van der Waals surface area contributed by atoms with E-state index >= 15 is 0 Å². The molecule has 21 heavy (non-hydrogen) atoms. The van der Waals surface area contributed by atoms with Crippen LogP contribution in [-0.2, 0) is 13.2 Å². The van der Waals surface area contributed by atoms with Crippen molar-refractivity contribution in [3.05, 3.63) is 59.7 Å². The predicted octanol–water partition coefficient (Wildman–Crippen LogP) is 3.55. The van der Waals surface area contributed by atoms with Crippen molar-refractivity contribution < 1.29 is 9.13 Å². The smallest absolute Gasteiger partial charge is 0.142 e. The van der Waals surface area contributed by atoms with Crippen LogP contribution >= 0.6 is 0 Å². The molecule has 2 rings (SSSR count). The second-order valence-electron chi connectivity index (χ2n) is 5.39. The van der Waals surface area contributed by atoms with E-state index in [4.69, 9.17) is 4.74 Å². The van der Waals surface area contributed by atoms with Crippen LogP contribution in [-0.4, -0.2) is 11.5 Å². The molecule has 0 aliphatic carbocycles. The van der Waals surface area contributed by atoms with Gasteiger partial charge in [0.15, 0.2) is 0 Å². The fourth-order valence-electron chi connectivity index (χ4n) is 1.95. The van der Waals surface area contributed by atoms with E-state index in [2.05, 4.69) is 24.1 Å². The Morgan fingerprint density at radius 2 is 2.00 bits per heavy atom. The summed E-state index contributed by atoms with van der Waals surface area (Å²) in [6, 6.07) is 8.56. The summed E-state index contributed by atoms with van der Waals surface area (Å²) >= 11 is 0. The largest absolute Gasteiger partial charge is 0.487 e. The number of hydrogen-bond acceptors (Lipinski definition) is 3. The number of pyridine rings is 1. The zero-order valence-electron chi connectivity index (χ0n) is 12.5. The quantitative estimate of drug-likeness (QED) is 0.846. The summed E-state index contributed by atoms with van der Waals surface area (Å²) in [6.45, 7) is 6.18. The Hall–Kier alpha value is -1.94. The summed E-state index contributed by atoms with van der Waals surface area (Å²) in [5.41, 5.74) is 1.57. The van der Waals surface area contributed by atoms with Crippen molar-refractivity contribution in [3.63, 3.8) is 0 Å². The first kappa shape index (κ1) is 15.4. The Labute approximate surface area is 125 Å². The van der Waals surface area contributed by atoms with Gasteiger partial charge < -0.3 is 10.1 Å². The Morgan fingerprint density at radius 3 is 2.76 bits per heavy atom. The van der Waals surface area contributed by atoms with Crippen LogP contribution in [0.15, 0.2) is 42.7 Å². The number of halogens is 1. The number of benzene rings is 1. The highest BCUT2D eigenvalue weighted by atomic mass is 19.1. The normalized spacial score (nSPS) is 10.9. The van der Waals surface area contributed by atoms with Gasteiger partial charge in [-0.05, 0) is 24.6 Å². The van der Waals surface area contributed by atoms with E-state index in [0.717, 1.165) is 12.1 Å². The molecule has 0 aliphatic rings. The average molecular weight is 288 g/mol. The third kappa shape index (κ3) is 4.83. The van der Waals surface area contributed by atoms with Crippen LogP contribution in [0.2, 0.25) is 0 Å². The van der Waals surface area contributed by atoms with Crippen molar-refractivity contribution in [3.8, 4) is 5.75 Å². The van der Waals surface area contributed by atoms with Gasteiger partial charge >= 0.3 is 0 Å². The van der Waals surface area contributed by atoms with Gasteiger partial charge in [-0.15, -0.1) is 0 Å². The lowest BCUT2D eigenvalue weighted by atomic mass is 10.2. The van der Waals surface area contributed by atoms with E-state index in [0.29, 0.717) is 23.8 Å². The number of hydrogen-bond donors (Lipinski definition) is 1. The van der Waals surface area contributed by atoms with Crippen molar-refractivity contribution in [2.24, 2.45) is 5.92 Å². The van der Waals surface area contributed by atoms with Crippen LogP contribution in [0.4, 0.5) is 4.39 Å². The SMILES string of the molecule is CC(C)CNCc1ccncc1OCc1ccccc1F. The predicted molar refractivity (Wildman–Crippen MR) is 81.5 cm³/mol. The monoisotopic (exact) mass is 288 g/mol. The summed E-state index contributed by atoms with van der Waals surface area (Å²) in [6.07, 6.45) is 3.41. The Balaban J connectivity index is 1.98. The molecule has 1 heterocycles. The maximum atomic E-state index is 13.6. The standard InChI is InChI=1S/C17H21FN2O/c1-13(2)9-20-10-14-7-8-19-11-17(14)21-12-15-5-3-4-6-16(15)18/h3-8,11,13,20H,9-10,12H2,1-2H3. The molecule has 0 saturated carbocycles. The molecule has 3 nitrogen and oxygen atoms in total. The van der Waals surface area contributed by atoms with Crippen LogP contribution in [0.5, 0.6) is 5.75 Å². The Bertz CT molecular complexity index is 572. The Kier molecular flexibility index (Phi) is 5.69. The van der Waals surface area contributed by atoms with E-state index < -0.39 is 0 Å². The van der Waals surface area contributed by atoms with Crippen LogP contribution in [0, 0.1) is 11.7 Å². The van der Waals surface area contributed by atoms with Gasteiger partial charge in [-0.2, -0.15) is 0 Å².